The molecule has 1 atom stereocenters. The normalized spacial score (nSPS) is 21.0. The van der Waals surface area contributed by atoms with Crippen LogP contribution in [0.25, 0.3) is 11.8 Å². The minimum absolute atomic E-state index is 0.0141. The van der Waals surface area contributed by atoms with E-state index < -0.39 is 0 Å². The van der Waals surface area contributed by atoms with Gasteiger partial charge in [-0.25, -0.2) is 0 Å². The first kappa shape index (κ1) is 20.8. The molecule has 3 heterocycles. The van der Waals surface area contributed by atoms with Crippen LogP contribution in [0.3, 0.4) is 0 Å². The number of nitrogens with zero attached hydrogens (tertiary/aromatic N) is 2. The van der Waals surface area contributed by atoms with E-state index >= 15 is 0 Å². The summed E-state index contributed by atoms with van der Waals surface area (Å²) in [6, 6.07) is 8.45. The summed E-state index contributed by atoms with van der Waals surface area (Å²) in [6.07, 6.45) is 4.11. The Morgan fingerprint density at radius 1 is 1.31 bits per heavy atom. The number of thioether (sulfide) groups is 1. The molecule has 0 saturated carbocycles. The van der Waals surface area contributed by atoms with Gasteiger partial charge in [0.1, 0.15) is 4.32 Å². The zero-order valence-electron chi connectivity index (χ0n) is 16.7. The first-order valence-corrected chi connectivity index (χ1v) is 11.7. The van der Waals surface area contributed by atoms with Crippen LogP contribution < -0.4 is 0 Å². The van der Waals surface area contributed by atoms with Gasteiger partial charge in [-0.1, -0.05) is 39.9 Å². The number of carbonyl (C=O) groups excluding carboxylic acids is 1. The Labute approximate surface area is 189 Å². The molecule has 0 unspecified atom stereocenters. The summed E-state index contributed by atoms with van der Waals surface area (Å²) in [5.74, 6) is -0.0141. The molecule has 4 nitrogen and oxygen atoms in total. The van der Waals surface area contributed by atoms with Crippen LogP contribution in [0.15, 0.2) is 33.6 Å². The van der Waals surface area contributed by atoms with E-state index in [4.69, 9.17) is 17.0 Å². The summed E-state index contributed by atoms with van der Waals surface area (Å²) in [7, 11) is 0. The molecule has 0 radical (unpaired) electrons. The van der Waals surface area contributed by atoms with Crippen molar-refractivity contribution in [1.82, 2.24) is 9.47 Å². The first-order valence-electron chi connectivity index (χ1n) is 9.67. The molecular formula is C22H23BrN2O2S2. The minimum atomic E-state index is -0.0141. The number of amides is 1. The van der Waals surface area contributed by atoms with Gasteiger partial charge in [-0.2, -0.15) is 0 Å². The van der Waals surface area contributed by atoms with Gasteiger partial charge in [-0.15, -0.1) is 0 Å². The van der Waals surface area contributed by atoms with Crippen molar-refractivity contribution >= 4 is 56.2 Å². The van der Waals surface area contributed by atoms with Crippen LogP contribution in [0.2, 0.25) is 0 Å². The van der Waals surface area contributed by atoms with Gasteiger partial charge in [0, 0.05) is 28.2 Å². The third-order valence-corrected chi connectivity index (χ3v) is 7.71. The van der Waals surface area contributed by atoms with E-state index in [0.717, 1.165) is 46.6 Å². The number of aryl methyl sites for hydroxylation is 2. The van der Waals surface area contributed by atoms with Crippen molar-refractivity contribution in [3.8, 4) is 5.69 Å². The predicted molar refractivity (Wildman–Crippen MR) is 127 cm³/mol. The zero-order valence-corrected chi connectivity index (χ0v) is 19.9. The van der Waals surface area contributed by atoms with E-state index in [9.17, 15) is 4.79 Å². The van der Waals surface area contributed by atoms with E-state index in [2.05, 4.69) is 65.5 Å². The summed E-state index contributed by atoms with van der Waals surface area (Å²) in [4.78, 5) is 15.3. The van der Waals surface area contributed by atoms with Crippen molar-refractivity contribution in [3.05, 3.63) is 56.2 Å². The molecule has 4 rings (SSSR count). The number of thiocarbonyl (C=S) groups is 1. The summed E-state index contributed by atoms with van der Waals surface area (Å²) in [5.41, 5.74) is 5.58. The number of aromatic nitrogens is 1. The lowest BCUT2D eigenvalue weighted by Crippen LogP contribution is -2.35. The molecule has 0 N–H and O–H groups in total. The molecule has 2 aliphatic rings. The molecular weight excluding hydrogens is 468 g/mol. The number of benzene rings is 1. The lowest BCUT2D eigenvalue weighted by molar-refractivity contribution is -0.123. The molecule has 1 aromatic carbocycles. The Morgan fingerprint density at radius 3 is 2.79 bits per heavy atom. The average Bonchev–Trinajstić information content (AvgIpc) is 3.35. The van der Waals surface area contributed by atoms with E-state index in [1.54, 1.807) is 4.90 Å². The lowest BCUT2D eigenvalue weighted by Gasteiger charge is -2.18. The topological polar surface area (TPSA) is 34.5 Å². The highest BCUT2D eigenvalue weighted by molar-refractivity contribution is 9.10. The van der Waals surface area contributed by atoms with Crippen molar-refractivity contribution in [2.45, 2.75) is 39.7 Å². The van der Waals surface area contributed by atoms with Crippen molar-refractivity contribution in [1.29, 1.82) is 0 Å². The van der Waals surface area contributed by atoms with Crippen molar-refractivity contribution in [3.63, 3.8) is 0 Å². The highest BCUT2D eigenvalue weighted by Crippen LogP contribution is 2.35. The fraction of sp³-hybridized carbons (Fsp3) is 0.364. The maximum Gasteiger partial charge on any atom is 0.266 e. The van der Waals surface area contributed by atoms with Crippen LogP contribution in [-0.4, -0.2) is 39.0 Å². The molecule has 7 heteroatoms. The average molecular weight is 491 g/mol. The standard InChI is InChI=1S/C22H23BrN2O2S2/c1-13-9-17(6-7-19(13)23)25-14(2)10-16(15(25)3)11-20-21(26)24(22(28)29-20)12-18-5-4-8-27-18/h6-7,9-11,18H,4-5,8,12H2,1-3H3/b20-11-/t18-/m1/s1. The Morgan fingerprint density at radius 2 is 2.10 bits per heavy atom. The number of hydrogen-bond acceptors (Lipinski definition) is 4. The first-order chi connectivity index (χ1) is 13.8. The molecule has 1 amide bonds. The minimum Gasteiger partial charge on any atom is -0.376 e. The Balaban J connectivity index is 1.62. The smallest absolute Gasteiger partial charge is 0.266 e. The second-order valence-corrected chi connectivity index (χ2v) is 10.1. The molecule has 1 aromatic heterocycles. The van der Waals surface area contributed by atoms with Gasteiger partial charge >= 0.3 is 0 Å². The number of ether oxygens (including phenoxy) is 1. The molecule has 152 valence electrons. The number of rotatable bonds is 4. The third-order valence-electron chi connectivity index (χ3n) is 5.44. The lowest BCUT2D eigenvalue weighted by atomic mass is 10.2. The molecule has 0 bridgehead atoms. The maximum atomic E-state index is 12.9. The zero-order chi connectivity index (χ0) is 20.7. The summed E-state index contributed by atoms with van der Waals surface area (Å²) in [6.45, 7) is 7.59. The van der Waals surface area contributed by atoms with Crippen LogP contribution >= 0.6 is 39.9 Å². The number of hydrogen-bond donors (Lipinski definition) is 0. The highest BCUT2D eigenvalue weighted by Gasteiger charge is 2.34. The SMILES string of the molecule is Cc1cc(-n2c(C)cc(/C=C3\SC(=S)N(C[C@H]4CCCO4)C3=O)c2C)ccc1Br. The van der Waals surface area contributed by atoms with E-state index in [0.29, 0.717) is 15.8 Å². The molecule has 2 aliphatic heterocycles. The third kappa shape index (κ3) is 4.10. The Hall–Kier alpha value is -1.41. The largest absolute Gasteiger partial charge is 0.376 e. The van der Waals surface area contributed by atoms with Gasteiger partial charge in [-0.05, 0) is 75.1 Å². The van der Waals surface area contributed by atoms with Crippen LogP contribution in [0.5, 0.6) is 0 Å². The van der Waals surface area contributed by atoms with Crippen molar-refractivity contribution in [2.24, 2.45) is 0 Å². The van der Waals surface area contributed by atoms with Gasteiger partial charge in [0.15, 0.2) is 0 Å². The van der Waals surface area contributed by atoms with Gasteiger partial charge in [0.2, 0.25) is 0 Å². The quantitative estimate of drug-likeness (QED) is 0.415. The monoisotopic (exact) mass is 490 g/mol. The maximum absolute atomic E-state index is 12.9. The van der Waals surface area contributed by atoms with E-state index in [1.807, 2.05) is 6.08 Å². The van der Waals surface area contributed by atoms with Crippen LogP contribution in [-0.2, 0) is 9.53 Å². The molecule has 29 heavy (non-hydrogen) atoms. The van der Waals surface area contributed by atoms with Gasteiger partial charge < -0.3 is 9.30 Å². The number of carbonyl (C=O) groups is 1. The van der Waals surface area contributed by atoms with Gasteiger partial charge in [-0.3, -0.25) is 9.69 Å². The molecule has 2 aromatic rings. The van der Waals surface area contributed by atoms with Crippen molar-refractivity contribution < 1.29 is 9.53 Å². The molecule has 0 spiro atoms. The second kappa shape index (κ2) is 8.38. The van der Waals surface area contributed by atoms with E-state index in [-0.39, 0.29) is 12.0 Å². The summed E-state index contributed by atoms with van der Waals surface area (Å²) >= 11 is 10.4. The van der Waals surface area contributed by atoms with E-state index in [1.165, 1.54) is 17.3 Å². The number of halogens is 1. The molecule has 2 saturated heterocycles. The fourth-order valence-electron chi connectivity index (χ4n) is 3.89. The second-order valence-electron chi connectivity index (χ2n) is 7.52. The van der Waals surface area contributed by atoms with Gasteiger partial charge in [0.25, 0.3) is 5.91 Å². The van der Waals surface area contributed by atoms with Crippen LogP contribution in [0, 0.1) is 20.8 Å². The summed E-state index contributed by atoms with van der Waals surface area (Å²) < 4.78 is 9.62. The molecule has 2 fully saturated rings. The predicted octanol–water partition coefficient (Wildman–Crippen LogP) is 5.55. The summed E-state index contributed by atoms with van der Waals surface area (Å²) in [5, 5.41) is 0. The van der Waals surface area contributed by atoms with Crippen LogP contribution in [0.4, 0.5) is 0 Å². The fourth-order valence-corrected chi connectivity index (χ4v) is 5.40. The van der Waals surface area contributed by atoms with Gasteiger partial charge in [0.05, 0.1) is 17.6 Å². The Bertz CT molecular complexity index is 1020. The Kier molecular flexibility index (Phi) is 6.02. The van der Waals surface area contributed by atoms with Crippen molar-refractivity contribution in [2.75, 3.05) is 13.2 Å². The highest BCUT2D eigenvalue weighted by atomic mass is 79.9. The van der Waals surface area contributed by atoms with Crippen LogP contribution in [0.1, 0.15) is 35.4 Å². The molecule has 0 aliphatic carbocycles.